The Morgan fingerprint density at radius 1 is 1.64 bits per heavy atom. The number of nitrogens with zero attached hydrogens (tertiary/aromatic N) is 1. The molecule has 1 heterocycles. The molecule has 14 heavy (non-hydrogen) atoms. The van der Waals surface area contributed by atoms with Gasteiger partial charge in [-0.15, -0.1) is 0 Å². The van der Waals surface area contributed by atoms with Crippen molar-refractivity contribution in [3.05, 3.63) is 21.9 Å². The largest absolute Gasteiger partial charge is 0.495 e. The Morgan fingerprint density at radius 3 is 2.71 bits per heavy atom. The lowest BCUT2D eigenvalue weighted by atomic mass is 10.2. The van der Waals surface area contributed by atoms with Gasteiger partial charge in [0, 0.05) is 18.3 Å². The first-order chi connectivity index (χ1) is 6.61. The number of rotatable bonds is 3. The minimum atomic E-state index is -2.64. The highest BCUT2D eigenvalue weighted by atomic mass is 79.9. The van der Waals surface area contributed by atoms with Gasteiger partial charge in [-0.05, 0) is 15.9 Å². The molecular formula is C8H9BrF2N2O. The Hall–Kier alpha value is -0.750. The van der Waals surface area contributed by atoms with Crippen molar-refractivity contribution in [2.75, 3.05) is 7.11 Å². The van der Waals surface area contributed by atoms with E-state index < -0.39 is 6.43 Å². The van der Waals surface area contributed by atoms with E-state index in [-0.39, 0.29) is 17.8 Å². The molecule has 1 aromatic heterocycles. The van der Waals surface area contributed by atoms with E-state index in [1.54, 1.807) is 0 Å². The molecule has 0 spiro atoms. The van der Waals surface area contributed by atoms with Crippen molar-refractivity contribution in [1.29, 1.82) is 0 Å². The van der Waals surface area contributed by atoms with Crippen molar-refractivity contribution in [2.24, 2.45) is 5.73 Å². The summed E-state index contributed by atoms with van der Waals surface area (Å²) < 4.78 is 30.4. The number of ether oxygens (including phenoxy) is 1. The SMILES string of the molecule is COc1c(Br)cnc(C(F)F)c1CN. The van der Waals surface area contributed by atoms with Crippen LogP contribution in [0.25, 0.3) is 0 Å². The molecule has 0 saturated heterocycles. The molecule has 0 unspecified atom stereocenters. The van der Waals surface area contributed by atoms with E-state index in [4.69, 9.17) is 10.5 Å². The van der Waals surface area contributed by atoms with Crippen molar-refractivity contribution < 1.29 is 13.5 Å². The molecule has 0 amide bonds. The third-order valence-electron chi connectivity index (χ3n) is 1.73. The first-order valence-electron chi connectivity index (χ1n) is 3.81. The van der Waals surface area contributed by atoms with Crippen molar-refractivity contribution in [3.63, 3.8) is 0 Å². The summed E-state index contributed by atoms with van der Waals surface area (Å²) in [7, 11) is 1.40. The smallest absolute Gasteiger partial charge is 0.280 e. The fourth-order valence-corrected chi connectivity index (χ4v) is 1.63. The molecule has 3 nitrogen and oxygen atoms in total. The number of methoxy groups -OCH3 is 1. The zero-order chi connectivity index (χ0) is 10.7. The molecule has 0 bridgehead atoms. The van der Waals surface area contributed by atoms with Gasteiger partial charge in [0.1, 0.15) is 11.4 Å². The Kier molecular flexibility index (Phi) is 3.77. The fraction of sp³-hybridized carbons (Fsp3) is 0.375. The highest BCUT2D eigenvalue weighted by molar-refractivity contribution is 9.10. The van der Waals surface area contributed by atoms with E-state index in [9.17, 15) is 8.78 Å². The van der Waals surface area contributed by atoms with E-state index in [2.05, 4.69) is 20.9 Å². The number of pyridine rings is 1. The van der Waals surface area contributed by atoms with Crippen molar-refractivity contribution in [1.82, 2.24) is 4.98 Å². The molecule has 0 aliphatic rings. The maximum atomic E-state index is 12.5. The average Bonchev–Trinajstić information content (AvgIpc) is 2.16. The third kappa shape index (κ3) is 2.01. The van der Waals surface area contributed by atoms with Crippen molar-refractivity contribution in [3.8, 4) is 5.75 Å². The van der Waals surface area contributed by atoms with Gasteiger partial charge >= 0.3 is 0 Å². The van der Waals surface area contributed by atoms with Crippen LogP contribution in [0, 0.1) is 0 Å². The molecule has 0 aromatic carbocycles. The molecule has 0 fully saturated rings. The molecule has 1 rings (SSSR count). The Bertz CT molecular complexity index is 333. The van der Waals surface area contributed by atoms with E-state index in [0.29, 0.717) is 10.2 Å². The van der Waals surface area contributed by atoms with Crippen LogP contribution < -0.4 is 10.5 Å². The zero-order valence-corrected chi connectivity index (χ0v) is 9.01. The van der Waals surface area contributed by atoms with Crippen LogP contribution in [0.1, 0.15) is 17.7 Å². The number of hydrogen-bond acceptors (Lipinski definition) is 3. The Morgan fingerprint density at radius 2 is 2.29 bits per heavy atom. The topological polar surface area (TPSA) is 48.1 Å². The van der Waals surface area contributed by atoms with Crippen LogP contribution in [0.3, 0.4) is 0 Å². The number of nitrogens with two attached hydrogens (primary N) is 1. The number of hydrogen-bond donors (Lipinski definition) is 1. The maximum absolute atomic E-state index is 12.5. The van der Waals surface area contributed by atoms with E-state index in [1.807, 2.05) is 0 Å². The predicted octanol–water partition coefficient (Wildman–Crippen LogP) is 2.25. The van der Waals surface area contributed by atoms with Crippen LogP contribution in [-0.2, 0) is 6.54 Å². The summed E-state index contributed by atoms with van der Waals surface area (Å²) >= 11 is 3.14. The standard InChI is InChI=1S/C8H9BrF2N2O/c1-14-7-4(2-12)6(8(10)11)13-3-5(7)9/h3,8H,2,12H2,1H3. The highest BCUT2D eigenvalue weighted by Crippen LogP contribution is 2.33. The minimum Gasteiger partial charge on any atom is -0.495 e. The van der Waals surface area contributed by atoms with Crippen LogP contribution in [0.2, 0.25) is 0 Å². The number of aromatic nitrogens is 1. The maximum Gasteiger partial charge on any atom is 0.280 e. The Labute approximate surface area is 88.4 Å². The van der Waals surface area contributed by atoms with Gasteiger partial charge in [0.15, 0.2) is 0 Å². The van der Waals surface area contributed by atoms with Crippen LogP contribution in [-0.4, -0.2) is 12.1 Å². The second kappa shape index (κ2) is 4.65. The van der Waals surface area contributed by atoms with Gasteiger partial charge in [0.25, 0.3) is 6.43 Å². The second-order valence-electron chi connectivity index (χ2n) is 2.51. The molecule has 6 heteroatoms. The minimum absolute atomic E-state index is 0.0325. The summed E-state index contributed by atoms with van der Waals surface area (Å²) in [5, 5.41) is 0. The molecule has 78 valence electrons. The van der Waals surface area contributed by atoms with Crippen molar-refractivity contribution in [2.45, 2.75) is 13.0 Å². The quantitative estimate of drug-likeness (QED) is 0.913. The lowest BCUT2D eigenvalue weighted by Crippen LogP contribution is -2.07. The summed E-state index contributed by atoms with van der Waals surface area (Å²) in [6.07, 6.45) is -1.37. The summed E-state index contributed by atoms with van der Waals surface area (Å²) in [6, 6.07) is 0. The molecule has 0 aliphatic heterocycles. The third-order valence-corrected chi connectivity index (χ3v) is 2.30. The molecule has 0 atom stereocenters. The summed E-state index contributed by atoms with van der Waals surface area (Å²) in [4.78, 5) is 3.60. The lowest BCUT2D eigenvalue weighted by Gasteiger charge is -2.12. The van der Waals surface area contributed by atoms with Crippen LogP contribution in [0.4, 0.5) is 8.78 Å². The lowest BCUT2D eigenvalue weighted by molar-refractivity contribution is 0.144. The molecule has 0 radical (unpaired) electrons. The van der Waals surface area contributed by atoms with E-state index in [1.165, 1.54) is 13.3 Å². The monoisotopic (exact) mass is 266 g/mol. The first-order valence-corrected chi connectivity index (χ1v) is 4.60. The van der Waals surface area contributed by atoms with Crippen molar-refractivity contribution >= 4 is 15.9 Å². The van der Waals surface area contributed by atoms with Crippen LogP contribution in [0.15, 0.2) is 10.7 Å². The second-order valence-corrected chi connectivity index (χ2v) is 3.36. The summed E-state index contributed by atoms with van der Waals surface area (Å²) in [5.41, 5.74) is 5.27. The van der Waals surface area contributed by atoms with Crippen LogP contribution in [0.5, 0.6) is 5.75 Å². The summed E-state index contributed by atoms with van der Waals surface area (Å²) in [6.45, 7) is -0.0325. The molecule has 0 saturated carbocycles. The van der Waals surface area contributed by atoms with Gasteiger partial charge in [-0.3, -0.25) is 4.98 Å². The highest BCUT2D eigenvalue weighted by Gasteiger charge is 2.19. The predicted molar refractivity (Wildman–Crippen MR) is 51.3 cm³/mol. The summed E-state index contributed by atoms with van der Waals surface area (Å²) in [5.74, 6) is 0.317. The van der Waals surface area contributed by atoms with Gasteiger partial charge < -0.3 is 10.5 Å². The van der Waals surface area contributed by atoms with Gasteiger partial charge in [0.05, 0.1) is 11.6 Å². The first kappa shape index (κ1) is 11.3. The normalized spacial score (nSPS) is 10.7. The molecule has 1 aromatic rings. The van der Waals surface area contributed by atoms with E-state index >= 15 is 0 Å². The molecule has 0 aliphatic carbocycles. The Balaban J connectivity index is 3.33. The van der Waals surface area contributed by atoms with Gasteiger partial charge in [0.2, 0.25) is 0 Å². The number of alkyl halides is 2. The number of halogens is 3. The molecule has 2 N–H and O–H groups in total. The van der Waals surface area contributed by atoms with Crippen LogP contribution >= 0.6 is 15.9 Å². The van der Waals surface area contributed by atoms with Gasteiger partial charge in [-0.1, -0.05) is 0 Å². The molecular weight excluding hydrogens is 258 g/mol. The van der Waals surface area contributed by atoms with E-state index in [0.717, 1.165) is 0 Å². The zero-order valence-electron chi connectivity index (χ0n) is 7.43. The van der Waals surface area contributed by atoms with Gasteiger partial charge in [-0.25, -0.2) is 8.78 Å². The average molecular weight is 267 g/mol. The fourth-order valence-electron chi connectivity index (χ4n) is 1.13. The van der Waals surface area contributed by atoms with Gasteiger partial charge in [-0.2, -0.15) is 0 Å².